The van der Waals surface area contributed by atoms with Crippen LogP contribution in [0.5, 0.6) is 0 Å². The van der Waals surface area contributed by atoms with Gasteiger partial charge in [0.2, 0.25) is 5.91 Å². The first-order valence-electron chi connectivity index (χ1n) is 7.61. The minimum absolute atomic E-state index is 0.164. The minimum Gasteiger partial charge on any atom is -0.347 e. The molecule has 0 spiro atoms. The number of alkyl halides is 3. The van der Waals surface area contributed by atoms with Crippen molar-refractivity contribution in [1.82, 2.24) is 15.3 Å². The molecule has 142 valence electrons. The van der Waals surface area contributed by atoms with Gasteiger partial charge in [-0.05, 0) is 16.9 Å². The summed E-state index contributed by atoms with van der Waals surface area (Å²) in [7, 11) is 0. The van der Waals surface area contributed by atoms with E-state index in [1.165, 1.54) is 11.3 Å². The highest BCUT2D eigenvalue weighted by atomic mass is 32.2. The van der Waals surface area contributed by atoms with Gasteiger partial charge in [-0.3, -0.25) is 9.59 Å². The van der Waals surface area contributed by atoms with Crippen molar-refractivity contribution in [2.75, 3.05) is 5.75 Å². The first kappa shape index (κ1) is 20.5. The third kappa shape index (κ3) is 5.60. The standard InChI is InChI=1S/C16H18F3N3O2S2/c1-15(2,3)13(9-5-4-6-25-9)21-12(24)8-26-14-20-10(16(17,18)19)7-11(23)22-14/h4-7,13H,8H2,1-3H3,(H,21,24)(H,20,22,23). The Balaban J connectivity index is 2.07. The number of carbonyl (C=O) groups is 1. The minimum atomic E-state index is -4.72. The van der Waals surface area contributed by atoms with E-state index < -0.39 is 17.4 Å². The molecule has 0 aromatic carbocycles. The highest BCUT2D eigenvalue weighted by Crippen LogP contribution is 2.35. The van der Waals surface area contributed by atoms with E-state index in [1.54, 1.807) is 0 Å². The molecule has 0 radical (unpaired) electrons. The fourth-order valence-corrected chi connectivity index (χ4v) is 3.86. The Labute approximate surface area is 156 Å². The lowest BCUT2D eigenvalue weighted by molar-refractivity contribution is -0.141. The molecule has 5 nitrogen and oxygen atoms in total. The van der Waals surface area contributed by atoms with Crippen LogP contribution in [0.1, 0.15) is 37.4 Å². The number of halogens is 3. The molecular weight excluding hydrogens is 387 g/mol. The second-order valence-corrected chi connectivity index (χ2v) is 8.55. The molecule has 2 aromatic rings. The van der Waals surface area contributed by atoms with Gasteiger partial charge in [0.25, 0.3) is 5.56 Å². The van der Waals surface area contributed by atoms with E-state index in [0.29, 0.717) is 6.07 Å². The van der Waals surface area contributed by atoms with Crippen LogP contribution in [0.2, 0.25) is 0 Å². The molecule has 0 bridgehead atoms. The van der Waals surface area contributed by atoms with Crippen molar-refractivity contribution in [3.05, 3.63) is 44.5 Å². The molecule has 2 rings (SSSR count). The van der Waals surface area contributed by atoms with Crippen LogP contribution in [-0.4, -0.2) is 21.6 Å². The van der Waals surface area contributed by atoms with E-state index in [4.69, 9.17) is 0 Å². The van der Waals surface area contributed by atoms with Gasteiger partial charge in [0.05, 0.1) is 11.8 Å². The largest absolute Gasteiger partial charge is 0.433 e. The van der Waals surface area contributed by atoms with Crippen molar-refractivity contribution in [3.63, 3.8) is 0 Å². The van der Waals surface area contributed by atoms with Crippen LogP contribution in [0.25, 0.3) is 0 Å². The van der Waals surface area contributed by atoms with Crippen LogP contribution in [0, 0.1) is 5.41 Å². The van der Waals surface area contributed by atoms with Gasteiger partial charge in [0.15, 0.2) is 10.9 Å². The number of aromatic nitrogens is 2. The van der Waals surface area contributed by atoms with E-state index >= 15 is 0 Å². The maximum absolute atomic E-state index is 12.7. The summed E-state index contributed by atoms with van der Waals surface area (Å²) >= 11 is 2.26. The second kappa shape index (κ2) is 7.83. The predicted octanol–water partition coefficient (Wildman–Crippen LogP) is 3.85. The van der Waals surface area contributed by atoms with E-state index in [-0.39, 0.29) is 28.3 Å². The number of rotatable bonds is 5. The summed E-state index contributed by atoms with van der Waals surface area (Å²) in [5.74, 6) is -0.522. The maximum Gasteiger partial charge on any atom is 0.433 e. The lowest BCUT2D eigenvalue weighted by atomic mass is 9.86. The van der Waals surface area contributed by atoms with Gasteiger partial charge >= 0.3 is 6.18 Å². The Bertz CT molecular complexity index is 811. The smallest absolute Gasteiger partial charge is 0.347 e. The molecule has 0 aliphatic carbocycles. The summed E-state index contributed by atoms with van der Waals surface area (Å²) in [6.45, 7) is 5.95. The van der Waals surface area contributed by atoms with Crippen molar-refractivity contribution in [1.29, 1.82) is 0 Å². The van der Waals surface area contributed by atoms with Gasteiger partial charge in [-0.15, -0.1) is 11.3 Å². The quantitative estimate of drug-likeness (QED) is 0.585. The normalized spacial score (nSPS) is 13.5. The fourth-order valence-electron chi connectivity index (χ4n) is 2.16. The zero-order chi connectivity index (χ0) is 19.5. The van der Waals surface area contributed by atoms with Crippen LogP contribution in [0.4, 0.5) is 13.2 Å². The Hall–Kier alpha value is -1.81. The van der Waals surface area contributed by atoms with Gasteiger partial charge in [0, 0.05) is 10.9 Å². The molecule has 1 amide bonds. The van der Waals surface area contributed by atoms with Crippen LogP contribution < -0.4 is 10.9 Å². The Morgan fingerprint density at radius 1 is 1.38 bits per heavy atom. The molecule has 1 unspecified atom stereocenters. The number of aromatic amines is 1. The van der Waals surface area contributed by atoms with Crippen LogP contribution in [0.15, 0.2) is 33.5 Å². The van der Waals surface area contributed by atoms with Crippen LogP contribution in [0.3, 0.4) is 0 Å². The molecule has 0 saturated carbocycles. The number of thiophene rings is 1. The van der Waals surface area contributed by atoms with Crippen molar-refractivity contribution in [2.24, 2.45) is 5.41 Å². The summed E-state index contributed by atoms with van der Waals surface area (Å²) < 4.78 is 38.1. The number of nitrogens with one attached hydrogen (secondary N) is 2. The predicted molar refractivity (Wildman–Crippen MR) is 95.2 cm³/mol. The molecule has 0 saturated heterocycles. The highest BCUT2D eigenvalue weighted by Gasteiger charge is 2.33. The lowest BCUT2D eigenvalue weighted by Crippen LogP contribution is -2.37. The molecule has 0 fully saturated rings. The Morgan fingerprint density at radius 3 is 2.62 bits per heavy atom. The SMILES string of the molecule is CC(C)(C)C(NC(=O)CSc1nc(C(F)(F)F)cc(=O)[nH]1)c1cccs1. The molecule has 0 aliphatic heterocycles. The first-order chi connectivity index (χ1) is 12.0. The number of H-pyrrole nitrogens is 1. The first-order valence-corrected chi connectivity index (χ1v) is 9.47. The van der Waals surface area contributed by atoms with Gasteiger partial charge < -0.3 is 10.3 Å². The van der Waals surface area contributed by atoms with Crippen molar-refractivity contribution in [3.8, 4) is 0 Å². The zero-order valence-electron chi connectivity index (χ0n) is 14.3. The highest BCUT2D eigenvalue weighted by molar-refractivity contribution is 7.99. The molecule has 2 N–H and O–H groups in total. The third-order valence-corrected chi connectivity index (χ3v) is 5.16. The molecule has 0 aliphatic rings. The topological polar surface area (TPSA) is 74.8 Å². The molecule has 2 aromatic heterocycles. The van der Waals surface area contributed by atoms with E-state index in [2.05, 4.69) is 15.3 Å². The molecule has 2 heterocycles. The molecule has 26 heavy (non-hydrogen) atoms. The summed E-state index contributed by atoms with van der Waals surface area (Å²) in [6.07, 6.45) is -4.72. The van der Waals surface area contributed by atoms with Gasteiger partial charge in [0.1, 0.15) is 0 Å². The van der Waals surface area contributed by atoms with E-state index in [1.807, 2.05) is 38.3 Å². The summed E-state index contributed by atoms with van der Waals surface area (Å²) in [5, 5.41) is 4.56. The van der Waals surface area contributed by atoms with Crippen LogP contribution >= 0.6 is 23.1 Å². The van der Waals surface area contributed by atoms with Crippen molar-refractivity contribution in [2.45, 2.75) is 38.1 Å². The number of hydrogen-bond acceptors (Lipinski definition) is 5. The number of nitrogens with zero attached hydrogens (tertiary/aromatic N) is 1. The molecular formula is C16H18F3N3O2S2. The van der Waals surface area contributed by atoms with Gasteiger partial charge in [-0.25, -0.2) is 4.98 Å². The Morgan fingerprint density at radius 2 is 2.08 bits per heavy atom. The maximum atomic E-state index is 12.7. The lowest BCUT2D eigenvalue weighted by Gasteiger charge is -2.30. The third-order valence-electron chi connectivity index (χ3n) is 3.35. The summed E-state index contributed by atoms with van der Waals surface area (Å²) in [6, 6.07) is 3.96. The number of hydrogen-bond donors (Lipinski definition) is 2. The number of carbonyl (C=O) groups excluding carboxylic acids is 1. The van der Waals surface area contributed by atoms with Gasteiger partial charge in [-0.1, -0.05) is 38.6 Å². The fraction of sp³-hybridized carbons (Fsp3) is 0.438. The molecule has 1 atom stereocenters. The van der Waals surface area contributed by atoms with Crippen molar-refractivity contribution < 1.29 is 18.0 Å². The van der Waals surface area contributed by atoms with Gasteiger partial charge in [-0.2, -0.15) is 13.2 Å². The van der Waals surface area contributed by atoms with Crippen molar-refractivity contribution >= 4 is 29.0 Å². The van der Waals surface area contributed by atoms with E-state index in [9.17, 15) is 22.8 Å². The monoisotopic (exact) mass is 405 g/mol. The van der Waals surface area contributed by atoms with Crippen LogP contribution in [-0.2, 0) is 11.0 Å². The zero-order valence-corrected chi connectivity index (χ0v) is 15.9. The molecule has 10 heteroatoms. The number of thioether (sulfide) groups is 1. The average molecular weight is 405 g/mol. The summed E-state index contributed by atoms with van der Waals surface area (Å²) in [4.78, 5) is 30.2. The Kier molecular flexibility index (Phi) is 6.17. The number of amides is 1. The van der Waals surface area contributed by atoms with E-state index in [0.717, 1.165) is 16.6 Å². The second-order valence-electron chi connectivity index (χ2n) is 6.60. The average Bonchev–Trinajstić information content (AvgIpc) is 3.02. The summed E-state index contributed by atoms with van der Waals surface area (Å²) in [5.41, 5.74) is -2.44.